The molecule has 0 radical (unpaired) electrons. The largest absolute Gasteiger partial charge is 0.449 e. The fraction of sp³-hybridized carbons (Fsp3) is 0.750. The zero-order valence-electron chi connectivity index (χ0n) is 10.1. The van der Waals surface area contributed by atoms with E-state index >= 15 is 0 Å². The molecule has 1 aromatic rings. The van der Waals surface area contributed by atoms with Gasteiger partial charge < -0.3 is 15.1 Å². The number of hydrogen-bond acceptors (Lipinski definition) is 4. The SMILES string of the molecule is CNC(C)c1coc(CC2CCNCC2)n1. The monoisotopic (exact) mass is 223 g/mol. The first-order valence-corrected chi connectivity index (χ1v) is 6.12. The second kappa shape index (κ2) is 5.46. The molecule has 4 heteroatoms. The summed E-state index contributed by atoms with van der Waals surface area (Å²) in [5.41, 5.74) is 1.01. The van der Waals surface area contributed by atoms with Crippen LogP contribution in [-0.4, -0.2) is 25.1 Å². The molecule has 1 unspecified atom stereocenters. The highest BCUT2D eigenvalue weighted by molar-refractivity contribution is 5.02. The summed E-state index contributed by atoms with van der Waals surface area (Å²) in [5, 5.41) is 6.54. The molecule has 2 rings (SSSR count). The third-order valence-corrected chi connectivity index (χ3v) is 3.37. The molecule has 1 atom stereocenters. The van der Waals surface area contributed by atoms with Gasteiger partial charge in [-0.05, 0) is 45.8 Å². The molecule has 4 nitrogen and oxygen atoms in total. The second-order valence-electron chi connectivity index (χ2n) is 4.57. The van der Waals surface area contributed by atoms with Crippen LogP contribution in [-0.2, 0) is 6.42 Å². The van der Waals surface area contributed by atoms with Crippen LogP contribution < -0.4 is 10.6 Å². The van der Waals surface area contributed by atoms with E-state index in [-0.39, 0.29) is 6.04 Å². The van der Waals surface area contributed by atoms with Gasteiger partial charge >= 0.3 is 0 Å². The van der Waals surface area contributed by atoms with Crippen molar-refractivity contribution in [2.75, 3.05) is 20.1 Å². The smallest absolute Gasteiger partial charge is 0.194 e. The Balaban J connectivity index is 1.91. The van der Waals surface area contributed by atoms with Gasteiger partial charge in [0, 0.05) is 12.5 Å². The van der Waals surface area contributed by atoms with Crippen molar-refractivity contribution in [1.29, 1.82) is 0 Å². The first-order valence-electron chi connectivity index (χ1n) is 6.12. The first kappa shape index (κ1) is 11.6. The lowest BCUT2D eigenvalue weighted by Gasteiger charge is -2.20. The van der Waals surface area contributed by atoms with E-state index in [0.29, 0.717) is 0 Å². The van der Waals surface area contributed by atoms with Crippen molar-refractivity contribution in [2.24, 2.45) is 5.92 Å². The van der Waals surface area contributed by atoms with Crippen molar-refractivity contribution >= 4 is 0 Å². The summed E-state index contributed by atoms with van der Waals surface area (Å²) in [6.07, 6.45) is 5.23. The Morgan fingerprint density at radius 2 is 2.31 bits per heavy atom. The minimum atomic E-state index is 0.269. The number of nitrogens with zero attached hydrogens (tertiary/aromatic N) is 1. The van der Waals surface area contributed by atoms with E-state index in [9.17, 15) is 0 Å². The van der Waals surface area contributed by atoms with E-state index in [1.807, 2.05) is 7.05 Å². The van der Waals surface area contributed by atoms with Crippen molar-refractivity contribution in [1.82, 2.24) is 15.6 Å². The Kier molecular flexibility index (Phi) is 3.96. The standard InChI is InChI=1S/C12H21N3O/c1-9(13-2)11-8-16-12(15-11)7-10-3-5-14-6-4-10/h8-10,13-14H,3-7H2,1-2H3. The third-order valence-electron chi connectivity index (χ3n) is 3.37. The highest BCUT2D eigenvalue weighted by Gasteiger charge is 2.17. The summed E-state index contributed by atoms with van der Waals surface area (Å²) in [6.45, 7) is 4.35. The predicted molar refractivity (Wildman–Crippen MR) is 63.3 cm³/mol. The molecule has 1 saturated heterocycles. The summed E-state index contributed by atoms with van der Waals surface area (Å²) in [5.74, 6) is 1.63. The van der Waals surface area contributed by atoms with Gasteiger partial charge in [0.2, 0.25) is 0 Å². The van der Waals surface area contributed by atoms with Gasteiger partial charge in [-0.15, -0.1) is 0 Å². The molecule has 2 heterocycles. The lowest BCUT2D eigenvalue weighted by atomic mass is 9.95. The summed E-state index contributed by atoms with van der Waals surface area (Å²) >= 11 is 0. The van der Waals surface area contributed by atoms with E-state index in [0.717, 1.165) is 37.0 Å². The van der Waals surface area contributed by atoms with E-state index in [4.69, 9.17) is 4.42 Å². The Morgan fingerprint density at radius 3 is 3.00 bits per heavy atom. The third kappa shape index (κ3) is 2.83. The molecule has 16 heavy (non-hydrogen) atoms. The maximum atomic E-state index is 5.52. The molecular formula is C12H21N3O. The molecular weight excluding hydrogens is 202 g/mol. The first-order chi connectivity index (χ1) is 7.79. The molecule has 0 bridgehead atoms. The van der Waals surface area contributed by atoms with Crippen molar-refractivity contribution in [2.45, 2.75) is 32.2 Å². The van der Waals surface area contributed by atoms with Crippen molar-refractivity contribution in [3.05, 3.63) is 17.8 Å². The van der Waals surface area contributed by atoms with Crippen LogP contribution in [0.3, 0.4) is 0 Å². The number of hydrogen-bond donors (Lipinski definition) is 2. The molecule has 1 aromatic heterocycles. The summed E-state index contributed by atoms with van der Waals surface area (Å²) in [7, 11) is 1.94. The van der Waals surface area contributed by atoms with Gasteiger partial charge in [-0.25, -0.2) is 4.98 Å². The number of oxazole rings is 1. The van der Waals surface area contributed by atoms with E-state index in [2.05, 4.69) is 22.5 Å². The highest BCUT2D eigenvalue weighted by atomic mass is 16.3. The van der Waals surface area contributed by atoms with E-state index in [1.54, 1.807) is 6.26 Å². The summed E-state index contributed by atoms with van der Waals surface area (Å²) in [4.78, 5) is 4.53. The lowest BCUT2D eigenvalue weighted by Crippen LogP contribution is -2.28. The number of aromatic nitrogens is 1. The van der Waals surface area contributed by atoms with Crippen LogP contribution in [0.1, 0.15) is 37.4 Å². The Hall–Kier alpha value is -0.870. The molecule has 0 aliphatic carbocycles. The van der Waals surface area contributed by atoms with Crippen LogP contribution in [0.5, 0.6) is 0 Å². The average molecular weight is 223 g/mol. The number of rotatable bonds is 4. The van der Waals surface area contributed by atoms with Gasteiger partial charge in [0.1, 0.15) is 6.26 Å². The summed E-state index contributed by atoms with van der Waals surface area (Å²) in [6, 6.07) is 0.269. The molecule has 0 amide bonds. The highest BCUT2D eigenvalue weighted by Crippen LogP contribution is 2.19. The Labute approximate surface area is 96.8 Å². The lowest BCUT2D eigenvalue weighted by molar-refractivity contribution is 0.341. The van der Waals surface area contributed by atoms with Crippen LogP contribution in [0.25, 0.3) is 0 Å². The molecule has 0 spiro atoms. The topological polar surface area (TPSA) is 50.1 Å². The van der Waals surface area contributed by atoms with Gasteiger partial charge in [0.05, 0.1) is 5.69 Å². The predicted octanol–water partition coefficient (Wildman–Crippen LogP) is 1.50. The van der Waals surface area contributed by atoms with Gasteiger partial charge in [-0.2, -0.15) is 0 Å². The van der Waals surface area contributed by atoms with Gasteiger partial charge in [-0.1, -0.05) is 0 Å². The van der Waals surface area contributed by atoms with Crippen LogP contribution in [0.4, 0.5) is 0 Å². The normalized spacial score (nSPS) is 19.9. The number of piperidine rings is 1. The maximum Gasteiger partial charge on any atom is 0.194 e. The maximum absolute atomic E-state index is 5.52. The molecule has 1 aliphatic heterocycles. The number of nitrogens with one attached hydrogen (secondary N) is 2. The molecule has 1 aliphatic rings. The molecule has 0 aromatic carbocycles. The van der Waals surface area contributed by atoms with Crippen LogP contribution >= 0.6 is 0 Å². The molecule has 0 saturated carbocycles. The van der Waals surface area contributed by atoms with Crippen LogP contribution in [0.2, 0.25) is 0 Å². The Bertz CT molecular complexity index is 318. The van der Waals surface area contributed by atoms with Gasteiger partial charge in [0.15, 0.2) is 5.89 Å². The van der Waals surface area contributed by atoms with E-state index in [1.165, 1.54) is 12.8 Å². The summed E-state index contributed by atoms with van der Waals surface area (Å²) < 4.78 is 5.52. The fourth-order valence-corrected chi connectivity index (χ4v) is 2.10. The fourth-order valence-electron chi connectivity index (χ4n) is 2.10. The molecule has 1 fully saturated rings. The van der Waals surface area contributed by atoms with Crippen molar-refractivity contribution in [3.63, 3.8) is 0 Å². The second-order valence-corrected chi connectivity index (χ2v) is 4.57. The minimum Gasteiger partial charge on any atom is -0.449 e. The molecule has 2 N–H and O–H groups in total. The van der Waals surface area contributed by atoms with Crippen molar-refractivity contribution in [3.8, 4) is 0 Å². The van der Waals surface area contributed by atoms with Gasteiger partial charge in [-0.3, -0.25) is 0 Å². The van der Waals surface area contributed by atoms with Crippen molar-refractivity contribution < 1.29 is 4.42 Å². The zero-order valence-corrected chi connectivity index (χ0v) is 10.1. The van der Waals surface area contributed by atoms with Gasteiger partial charge in [0.25, 0.3) is 0 Å². The average Bonchev–Trinajstić information content (AvgIpc) is 2.78. The zero-order chi connectivity index (χ0) is 11.4. The Morgan fingerprint density at radius 1 is 1.56 bits per heavy atom. The molecule has 90 valence electrons. The minimum absolute atomic E-state index is 0.269. The van der Waals surface area contributed by atoms with Crippen LogP contribution in [0.15, 0.2) is 10.7 Å². The quantitative estimate of drug-likeness (QED) is 0.812. The van der Waals surface area contributed by atoms with E-state index < -0.39 is 0 Å². The van der Waals surface area contributed by atoms with Crippen LogP contribution in [0, 0.1) is 5.92 Å².